The van der Waals surface area contributed by atoms with E-state index >= 15 is 0 Å². The third kappa shape index (κ3) is 2.47. The van der Waals surface area contributed by atoms with Gasteiger partial charge in [-0.2, -0.15) is 0 Å². The molecule has 0 spiro atoms. The van der Waals surface area contributed by atoms with E-state index in [4.69, 9.17) is 9.52 Å². The lowest BCUT2D eigenvalue weighted by Gasteiger charge is -2.15. The lowest BCUT2D eigenvalue weighted by Crippen LogP contribution is -2.26. The van der Waals surface area contributed by atoms with Crippen LogP contribution in [0.25, 0.3) is 0 Å². The van der Waals surface area contributed by atoms with Crippen LogP contribution < -0.4 is 0 Å². The molecule has 1 aromatic rings. The number of thioether (sulfide) groups is 1. The number of aliphatic carboxylic acids is 1. The topological polar surface area (TPSA) is 76.2 Å². The van der Waals surface area contributed by atoms with Gasteiger partial charge in [0.1, 0.15) is 0 Å². The summed E-state index contributed by atoms with van der Waals surface area (Å²) < 4.78 is 5.20. The van der Waals surface area contributed by atoms with Crippen molar-refractivity contribution in [1.82, 2.24) is 10.2 Å². The SMILES string of the molecule is CSc1nnc(CC(C)(C)C(=O)O)o1. The molecule has 0 aliphatic carbocycles. The molecule has 1 rings (SSSR count). The van der Waals surface area contributed by atoms with Gasteiger partial charge in [0.05, 0.1) is 5.41 Å². The van der Waals surface area contributed by atoms with E-state index in [-0.39, 0.29) is 6.42 Å². The summed E-state index contributed by atoms with van der Waals surface area (Å²) in [6, 6.07) is 0. The summed E-state index contributed by atoms with van der Waals surface area (Å²) in [6.45, 7) is 3.25. The first kappa shape index (κ1) is 11.0. The minimum atomic E-state index is -0.874. The van der Waals surface area contributed by atoms with Crippen molar-refractivity contribution in [2.75, 3.05) is 6.26 Å². The first-order chi connectivity index (χ1) is 6.45. The van der Waals surface area contributed by atoms with E-state index in [0.29, 0.717) is 11.1 Å². The zero-order chi connectivity index (χ0) is 10.8. The maximum atomic E-state index is 10.8. The van der Waals surface area contributed by atoms with Crippen LogP contribution in [-0.4, -0.2) is 27.5 Å². The van der Waals surface area contributed by atoms with Crippen molar-refractivity contribution in [2.24, 2.45) is 5.41 Å². The third-order valence-corrected chi connectivity index (χ3v) is 2.31. The molecule has 0 aromatic carbocycles. The first-order valence-corrected chi connectivity index (χ1v) is 5.28. The molecular formula is C8H12N2O3S. The molecule has 0 fully saturated rings. The molecule has 0 aliphatic rings. The van der Waals surface area contributed by atoms with Gasteiger partial charge < -0.3 is 9.52 Å². The predicted molar refractivity (Wildman–Crippen MR) is 51.2 cm³/mol. The molecule has 78 valence electrons. The molecular weight excluding hydrogens is 204 g/mol. The minimum Gasteiger partial charge on any atom is -0.481 e. The molecule has 0 saturated heterocycles. The van der Waals surface area contributed by atoms with Gasteiger partial charge in [-0.3, -0.25) is 4.79 Å². The molecule has 1 heterocycles. The Bertz CT molecular complexity index is 335. The summed E-state index contributed by atoms with van der Waals surface area (Å²) in [6.07, 6.45) is 2.07. The normalized spacial score (nSPS) is 11.6. The van der Waals surface area contributed by atoms with Gasteiger partial charge in [-0.1, -0.05) is 11.8 Å². The number of hydrogen-bond donors (Lipinski definition) is 1. The van der Waals surface area contributed by atoms with Crippen LogP contribution in [0.5, 0.6) is 0 Å². The summed E-state index contributed by atoms with van der Waals surface area (Å²) in [5.41, 5.74) is -0.873. The van der Waals surface area contributed by atoms with Gasteiger partial charge >= 0.3 is 5.97 Å². The van der Waals surface area contributed by atoms with Gasteiger partial charge in [0.15, 0.2) is 0 Å². The molecule has 5 nitrogen and oxygen atoms in total. The summed E-state index contributed by atoms with van der Waals surface area (Å²) in [4.78, 5) is 10.8. The Balaban J connectivity index is 2.73. The van der Waals surface area contributed by atoms with Gasteiger partial charge in [-0.25, -0.2) is 0 Å². The number of carboxylic acid groups (broad SMARTS) is 1. The standard InChI is InChI=1S/C8H12N2O3S/c1-8(2,6(11)12)4-5-9-10-7(13-5)14-3/h4H2,1-3H3,(H,11,12). The van der Waals surface area contributed by atoms with Crippen molar-refractivity contribution in [1.29, 1.82) is 0 Å². The second-order valence-corrected chi connectivity index (χ2v) is 4.29. The molecule has 6 heteroatoms. The monoisotopic (exact) mass is 216 g/mol. The van der Waals surface area contributed by atoms with Crippen LogP contribution in [0.1, 0.15) is 19.7 Å². The van der Waals surface area contributed by atoms with E-state index in [1.807, 2.05) is 6.26 Å². The molecule has 0 atom stereocenters. The zero-order valence-corrected chi connectivity index (χ0v) is 9.09. The van der Waals surface area contributed by atoms with Crippen molar-refractivity contribution < 1.29 is 14.3 Å². The number of rotatable bonds is 4. The van der Waals surface area contributed by atoms with Crippen LogP contribution in [0.2, 0.25) is 0 Å². The molecule has 14 heavy (non-hydrogen) atoms. The molecule has 1 aromatic heterocycles. The zero-order valence-electron chi connectivity index (χ0n) is 8.27. The van der Waals surface area contributed by atoms with Crippen molar-refractivity contribution in [3.8, 4) is 0 Å². The van der Waals surface area contributed by atoms with Crippen LogP contribution in [0.3, 0.4) is 0 Å². The van der Waals surface area contributed by atoms with E-state index in [2.05, 4.69) is 10.2 Å². The summed E-state index contributed by atoms with van der Waals surface area (Å²) >= 11 is 1.34. The predicted octanol–water partition coefficient (Wildman–Crippen LogP) is 1.44. The molecule has 0 aliphatic heterocycles. The fourth-order valence-electron chi connectivity index (χ4n) is 0.846. The average molecular weight is 216 g/mol. The lowest BCUT2D eigenvalue weighted by atomic mass is 9.90. The molecule has 0 amide bonds. The van der Waals surface area contributed by atoms with Crippen molar-refractivity contribution in [2.45, 2.75) is 25.5 Å². The summed E-state index contributed by atoms with van der Waals surface area (Å²) in [5, 5.41) is 16.8. The number of carbonyl (C=O) groups is 1. The third-order valence-electron chi connectivity index (χ3n) is 1.80. The van der Waals surface area contributed by atoms with Gasteiger partial charge in [0.25, 0.3) is 5.22 Å². The van der Waals surface area contributed by atoms with Crippen LogP contribution in [0.4, 0.5) is 0 Å². The first-order valence-electron chi connectivity index (χ1n) is 4.05. The van der Waals surface area contributed by atoms with Crippen molar-refractivity contribution in [3.63, 3.8) is 0 Å². The second-order valence-electron chi connectivity index (χ2n) is 3.53. The molecule has 0 radical (unpaired) electrons. The van der Waals surface area contributed by atoms with E-state index in [1.54, 1.807) is 13.8 Å². The highest BCUT2D eigenvalue weighted by atomic mass is 32.2. The maximum absolute atomic E-state index is 10.8. The Kier molecular flexibility index (Phi) is 3.15. The lowest BCUT2D eigenvalue weighted by molar-refractivity contribution is -0.147. The van der Waals surface area contributed by atoms with Gasteiger partial charge in [0.2, 0.25) is 5.89 Å². The highest BCUT2D eigenvalue weighted by molar-refractivity contribution is 7.98. The summed E-state index contributed by atoms with van der Waals surface area (Å²) in [5.74, 6) is -0.511. The number of carboxylic acids is 1. The number of nitrogens with zero attached hydrogens (tertiary/aromatic N) is 2. The molecule has 1 N–H and O–H groups in total. The van der Waals surface area contributed by atoms with Gasteiger partial charge in [0, 0.05) is 6.42 Å². The number of aromatic nitrogens is 2. The Morgan fingerprint density at radius 2 is 2.21 bits per heavy atom. The quantitative estimate of drug-likeness (QED) is 0.767. The second kappa shape index (κ2) is 4.00. The van der Waals surface area contributed by atoms with Crippen LogP contribution in [0.15, 0.2) is 9.64 Å². The highest BCUT2D eigenvalue weighted by Gasteiger charge is 2.29. The fourth-order valence-corrected chi connectivity index (χ4v) is 1.15. The fraction of sp³-hybridized carbons (Fsp3) is 0.625. The Morgan fingerprint density at radius 1 is 1.57 bits per heavy atom. The van der Waals surface area contributed by atoms with E-state index in [1.165, 1.54) is 11.8 Å². The van der Waals surface area contributed by atoms with Crippen LogP contribution in [-0.2, 0) is 11.2 Å². The smallest absolute Gasteiger partial charge is 0.309 e. The van der Waals surface area contributed by atoms with Crippen LogP contribution >= 0.6 is 11.8 Å². The Morgan fingerprint density at radius 3 is 2.64 bits per heavy atom. The largest absolute Gasteiger partial charge is 0.481 e. The minimum absolute atomic E-state index is 0.246. The number of hydrogen-bond acceptors (Lipinski definition) is 5. The summed E-state index contributed by atoms with van der Waals surface area (Å²) in [7, 11) is 0. The van der Waals surface area contributed by atoms with Crippen molar-refractivity contribution >= 4 is 17.7 Å². The molecule has 0 saturated carbocycles. The Hall–Kier alpha value is -1.04. The molecule has 0 unspecified atom stereocenters. The van der Waals surface area contributed by atoms with Crippen molar-refractivity contribution in [3.05, 3.63) is 5.89 Å². The average Bonchev–Trinajstić information content (AvgIpc) is 2.51. The highest BCUT2D eigenvalue weighted by Crippen LogP contribution is 2.22. The maximum Gasteiger partial charge on any atom is 0.309 e. The van der Waals surface area contributed by atoms with Gasteiger partial charge in [-0.05, 0) is 20.1 Å². The van der Waals surface area contributed by atoms with E-state index in [0.717, 1.165) is 0 Å². The van der Waals surface area contributed by atoms with E-state index in [9.17, 15) is 4.79 Å². The Labute approximate surface area is 85.9 Å². The van der Waals surface area contributed by atoms with E-state index < -0.39 is 11.4 Å². The van der Waals surface area contributed by atoms with Gasteiger partial charge in [-0.15, -0.1) is 10.2 Å². The van der Waals surface area contributed by atoms with Crippen LogP contribution in [0, 0.1) is 5.41 Å². The molecule has 0 bridgehead atoms.